The smallest absolute Gasteiger partial charge is 0.271 e. The first-order valence-electron chi connectivity index (χ1n) is 8.02. The Labute approximate surface area is 145 Å². The van der Waals surface area contributed by atoms with Gasteiger partial charge in [0.05, 0.1) is 5.69 Å². The van der Waals surface area contributed by atoms with E-state index in [0.717, 1.165) is 11.1 Å². The van der Waals surface area contributed by atoms with Crippen LogP contribution in [-0.2, 0) is 9.59 Å². The van der Waals surface area contributed by atoms with E-state index >= 15 is 0 Å². The van der Waals surface area contributed by atoms with Gasteiger partial charge in [0.2, 0.25) is 5.91 Å². The Morgan fingerprint density at radius 2 is 1.96 bits per heavy atom. The van der Waals surface area contributed by atoms with Gasteiger partial charge in [-0.25, -0.2) is 5.01 Å². The highest BCUT2D eigenvalue weighted by Gasteiger charge is 2.26. The second kappa shape index (κ2) is 6.76. The molecular formula is C19H19N3O3. The lowest BCUT2D eigenvalue weighted by atomic mass is 10.1. The molecule has 0 unspecified atom stereocenters. The molecule has 0 spiro atoms. The molecule has 1 heterocycles. The number of nitrogens with zero attached hydrogens (tertiary/aromatic N) is 2. The molecule has 25 heavy (non-hydrogen) atoms. The van der Waals surface area contributed by atoms with Gasteiger partial charge in [-0.2, -0.15) is 5.10 Å². The first kappa shape index (κ1) is 16.7. The minimum atomic E-state index is -0.381. The summed E-state index contributed by atoms with van der Waals surface area (Å²) in [6.07, 6.45) is 0.504. The van der Waals surface area contributed by atoms with Crippen LogP contribution in [-0.4, -0.2) is 22.6 Å². The van der Waals surface area contributed by atoms with Gasteiger partial charge in [0.15, 0.2) is 0 Å². The Morgan fingerprint density at radius 3 is 2.72 bits per heavy atom. The summed E-state index contributed by atoms with van der Waals surface area (Å²) in [5.74, 6) is -0.452. The topological polar surface area (TPSA) is 82.0 Å². The molecule has 128 valence electrons. The highest BCUT2D eigenvalue weighted by atomic mass is 16.3. The molecule has 1 aliphatic rings. The van der Waals surface area contributed by atoms with Crippen LogP contribution in [0.15, 0.2) is 47.6 Å². The number of carbonyl (C=O) groups is 2. The zero-order valence-electron chi connectivity index (χ0n) is 14.1. The van der Waals surface area contributed by atoms with Crippen LogP contribution in [0.1, 0.15) is 24.0 Å². The number of hydrazone groups is 1. The van der Waals surface area contributed by atoms with E-state index in [2.05, 4.69) is 10.4 Å². The van der Waals surface area contributed by atoms with E-state index in [1.54, 1.807) is 12.1 Å². The molecule has 0 aromatic heterocycles. The van der Waals surface area contributed by atoms with Crippen LogP contribution in [0.3, 0.4) is 0 Å². The molecule has 0 bridgehead atoms. The second-order valence-corrected chi connectivity index (χ2v) is 6.05. The third-order valence-corrected chi connectivity index (χ3v) is 3.99. The molecule has 0 fully saturated rings. The number of phenols is 1. The first-order valence-corrected chi connectivity index (χ1v) is 8.02. The molecule has 0 saturated carbocycles. The average molecular weight is 337 g/mol. The lowest BCUT2D eigenvalue weighted by Gasteiger charge is -2.24. The highest BCUT2D eigenvalue weighted by molar-refractivity contribution is 6.44. The van der Waals surface area contributed by atoms with Crippen molar-refractivity contribution in [3.8, 4) is 5.75 Å². The number of aryl methyl sites for hydroxylation is 2. The molecule has 3 rings (SSSR count). The van der Waals surface area contributed by atoms with Crippen LogP contribution in [0.2, 0.25) is 0 Å². The van der Waals surface area contributed by atoms with Crippen LogP contribution < -0.4 is 10.3 Å². The summed E-state index contributed by atoms with van der Waals surface area (Å²) >= 11 is 0. The normalized spacial score (nSPS) is 14.2. The fraction of sp³-hybridized carbons (Fsp3) is 0.211. The van der Waals surface area contributed by atoms with Gasteiger partial charge in [-0.3, -0.25) is 9.59 Å². The zero-order chi connectivity index (χ0) is 18.0. The third-order valence-electron chi connectivity index (χ3n) is 3.99. The summed E-state index contributed by atoms with van der Waals surface area (Å²) < 4.78 is 0. The molecular weight excluding hydrogens is 318 g/mol. The molecule has 2 amide bonds. The molecule has 2 aromatic rings. The number of anilines is 2. The predicted octanol–water partition coefficient (Wildman–Crippen LogP) is 3.13. The van der Waals surface area contributed by atoms with Crippen LogP contribution >= 0.6 is 0 Å². The van der Waals surface area contributed by atoms with Crippen molar-refractivity contribution in [2.24, 2.45) is 5.10 Å². The minimum Gasteiger partial charge on any atom is -0.508 e. The number of nitrogens with one attached hydrogen (secondary N) is 1. The van der Waals surface area contributed by atoms with Crippen molar-refractivity contribution in [3.63, 3.8) is 0 Å². The van der Waals surface area contributed by atoms with E-state index in [1.165, 1.54) is 17.1 Å². The number of amides is 2. The van der Waals surface area contributed by atoms with Crippen LogP contribution in [0.25, 0.3) is 0 Å². The van der Waals surface area contributed by atoms with Gasteiger partial charge in [-0.05, 0) is 43.2 Å². The molecule has 6 nitrogen and oxygen atoms in total. The fourth-order valence-corrected chi connectivity index (χ4v) is 2.64. The van der Waals surface area contributed by atoms with Gasteiger partial charge >= 0.3 is 0 Å². The standard InChI is InChI=1S/C19H19N3O3/c1-12-6-7-13(2)17(10-12)22-18(24)9-8-16(21-22)19(25)20-14-4-3-5-15(23)11-14/h3-7,10-11,23H,8-9H2,1-2H3,(H,20,25). The van der Waals surface area contributed by atoms with Gasteiger partial charge in [-0.1, -0.05) is 18.2 Å². The molecule has 0 saturated heterocycles. The summed E-state index contributed by atoms with van der Waals surface area (Å²) in [5, 5.41) is 17.8. The lowest BCUT2D eigenvalue weighted by molar-refractivity contribution is -0.118. The van der Waals surface area contributed by atoms with Crippen LogP contribution in [0.4, 0.5) is 11.4 Å². The summed E-state index contributed by atoms with van der Waals surface area (Å²) in [7, 11) is 0. The first-order chi connectivity index (χ1) is 11.9. The van der Waals surface area contributed by atoms with E-state index < -0.39 is 0 Å². The van der Waals surface area contributed by atoms with Crippen LogP contribution in [0.5, 0.6) is 5.75 Å². The lowest BCUT2D eigenvalue weighted by Crippen LogP contribution is -2.36. The number of aromatic hydroxyl groups is 1. The van der Waals surface area contributed by atoms with Gasteiger partial charge in [-0.15, -0.1) is 0 Å². The number of hydrogen-bond donors (Lipinski definition) is 2. The Morgan fingerprint density at radius 1 is 1.16 bits per heavy atom. The summed E-state index contributed by atoms with van der Waals surface area (Å²) in [6.45, 7) is 3.84. The molecule has 1 aliphatic heterocycles. The second-order valence-electron chi connectivity index (χ2n) is 6.05. The largest absolute Gasteiger partial charge is 0.508 e. The van der Waals surface area contributed by atoms with Crippen molar-refractivity contribution >= 4 is 28.9 Å². The third kappa shape index (κ3) is 3.68. The summed E-state index contributed by atoms with van der Waals surface area (Å²) in [5.41, 5.74) is 3.37. The highest BCUT2D eigenvalue weighted by Crippen LogP contribution is 2.25. The van der Waals surface area contributed by atoms with Gasteiger partial charge in [0, 0.05) is 24.6 Å². The molecule has 2 aromatic carbocycles. The number of carbonyl (C=O) groups excluding carboxylic acids is 2. The SMILES string of the molecule is Cc1ccc(C)c(N2N=C(C(=O)Nc3cccc(O)c3)CCC2=O)c1. The van der Waals surface area contributed by atoms with Gasteiger partial charge in [0.1, 0.15) is 11.5 Å². The van der Waals surface area contributed by atoms with E-state index in [9.17, 15) is 14.7 Å². The van der Waals surface area contributed by atoms with Crippen molar-refractivity contribution in [1.82, 2.24) is 0 Å². The van der Waals surface area contributed by atoms with Gasteiger partial charge in [0.25, 0.3) is 5.91 Å². The number of rotatable bonds is 3. The summed E-state index contributed by atoms with van der Waals surface area (Å²) in [6, 6.07) is 12.1. The zero-order valence-corrected chi connectivity index (χ0v) is 14.1. The quantitative estimate of drug-likeness (QED) is 0.903. The van der Waals surface area contributed by atoms with E-state index in [4.69, 9.17) is 0 Å². The van der Waals surface area contributed by atoms with Crippen molar-refractivity contribution in [2.75, 3.05) is 10.3 Å². The predicted molar refractivity (Wildman–Crippen MR) is 96.8 cm³/mol. The number of phenolic OH excluding ortho intramolecular Hbond substituents is 1. The Hall–Kier alpha value is -3.15. The van der Waals surface area contributed by atoms with E-state index in [1.807, 2.05) is 32.0 Å². The maximum Gasteiger partial charge on any atom is 0.271 e. The number of benzene rings is 2. The Kier molecular flexibility index (Phi) is 4.52. The van der Waals surface area contributed by atoms with Crippen molar-refractivity contribution in [2.45, 2.75) is 26.7 Å². The molecule has 2 N–H and O–H groups in total. The fourth-order valence-electron chi connectivity index (χ4n) is 2.64. The molecule has 6 heteroatoms. The summed E-state index contributed by atoms with van der Waals surface area (Å²) in [4.78, 5) is 24.7. The van der Waals surface area contributed by atoms with E-state index in [-0.39, 0.29) is 36.1 Å². The monoisotopic (exact) mass is 337 g/mol. The van der Waals surface area contributed by atoms with Crippen LogP contribution in [0, 0.1) is 13.8 Å². The van der Waals surface area contributed by atoms with Crippen molar-refractivity contribution in [1.29, 1.82) is 0 Å². The average Bonchev–Trinajstić information content (AvgIpc) is 2.57. The van der Waals surface area contributed by atoms with Gasteiger partial charge < -0.3 is 10.4 Å². The van der Waals surface area contributed by atoms with E-state index in [0.29, 0.717) is 11.4 Å². The minimum absolute atomic E-state index is 0.0653. The molecule has 0 aliphatic carbocycles. The molecule has 0 atom stereocenters. The van der Waals surface area contributed by atoms with Crippen molar-refractivity contribution in [3.05, 3.63) is 53.6 Å². The molecule has 0 radical (unpaired) electrons. The Bertz CT molecular complexity index is 874. The Balaban J connectivity index is 1.87. The van der Waals surface area contributed by atoms with Crippen molar-refractivity contribution < 1.29 is 14.7 Å². The maximum absolute atomic E-state index is 12.5. The number of hydrogen-bond acceptors (Lipinski definition) is 4. The maximum atomic E-state index is 12.5.